The Labute approximate surface area is 94.4 Å². The van der Waals surface area contributed by atoms with E-state index < -0.39 is 0 Å². The number of anilines is 1. The Morgan fingerprint density at radius 2 is 2.20 bits per heavy atom. The van der Waals surface area contributed by atoms with Gasteiger partial charge in [-0.25, -0.2) is 0 Å². The van der Waals surface area contributed by atoms with E-state index in [1.807, 2.05) is 0 Å². The van der Waals surface area contributed by atoms with Crippen molar-refractivity contribution >= 4 is 23.1 Å². The second kappa shape index (κ2) is 5.43. The number of Topliss-reactive ketones (excluding diaryl/α,β-unsaturated/α-hetero) is 1. The number of carbonyl (C=O) groups excluding carboxylic acids is 1. The van der Waals surface area contributed by atoms with E-state index >= 15 is 0 Å². The summed E-state index contributed by atoms with van der Waals surface area (Å²) in [5, 5.41) is 0.486. The van der Waals surface area contributed by atoms with Crippen LogP contribution in [0.3, 0.4) is 0 Å². The van der Waals surface area contributed by atoms with E-state index in [-0.39, 0.29) is 5.78 Å². The number of ketones is 1. The fourth-order valence-electron chi connectivity index (χ4n) is 1.22. The zero-order chi connectivity index (χ0) is 11.3. The molecule has 0 aromatic heterocycles. The number of halogens is 1. The first-order valence-corrected chi connectivity index (χ1v) is 5.00. The molecule has 1 aromatic rings. The minimum absolute atomic E-state index is 0.0203. The SMILES string of the molecule is CC#CCCC(=O)c1cc(N)cc(Cl)c1. The summed E-state index contributed by atoms with van der Waals surface area (Å²) in [6.45, 7) is 1.75. The average molecular weight is 222 g/mol. The predicted molar refractivity (Wildman–Crippen MR) is 62.9 cm³/mol. The van der Waals surface area contributed by atoms with Gasteiger partial charge in [0.2, 0.25) is 0 Å². The van der Waals surface area contributed by atoms with Gasteiger partial charge in [-0.15, -0.1) is 11.8 Å². The summed E-state index contributed by atoms with van der Waals surface area (Å²) in [5.41, 5.74) is 6.65. The third-order valence-electron chi connectivity index (χ3n) is 1.90. The summed E-state index contributed by atoms with van der Waals surface area (Å²) >= 11 is 5.80. The number of nitrogen functional groups attached to an aromatic ring is 1. The molecule has 1 aromatic carbocycles. The molecule has 0 aliphatic rings. The number of benzene rings is 1. The van der Waals surface area contributed by atoms with Crippen molar-refractivity contribution < 1.29 is 4.79 Å². The van der Waals surface area contributed by atoms with E-state index in [0.717, 1.165) is 0 Å². The number of rotatable bonds is 3. The third-order valence-corrected chi connectivity index (χ3v) is 2.11. The molecule has 0 radical (unpaired) electrons. The van der Waals surface area contributed by atoms with Gasteiger partial charge in [0.05, 0.1) is 0 Å². The molecule has 0 aliphatic carbocycles. The summed E-state index contributed by atoms with van der Waals surface area (Å²) in [6, 6.07) is 4.87. The maximum atomic E-state index is 11.6. The first-order chi connectivity index (χ1) is 7.13. The lowest BCUT2D eigenvalue weighted by molar-refractivity contribution is 0.0984. The van der Waals surface area contributed by atoms with Gasteiger partial charge in [-0.2, -0.15) is 0 Å². The smallest absolute Gasteiger partial charge is 0.163 e. The van der Waals surface area contributed by atoms with Gasteiger partial charge in [-0.05, 0) is 25.1 Å². The van der Waals surface area contributed by atoms with E-state index in [1.165, 1.54) is 0 Å². The van der Waals surface area contributed by atoms with Gasteiger partial charge in [0.15, 0.2) is 5.78 Å². The van der Waals surface area contributed by atoms with Crippen LogP contribution in [0.2, 0.25) is 5.02 Å². The van der Waals surface area contributed by atoms with Gasteiger partial charge >= 0.3 is 0 Å². The molecule has 1 rings (SSSR count). The highest BCUT2D eigenvalue weighted by atomic mass is 35.5. The summed E-state index contributed by atoms with van der Waals surface area (Å²) in [4.78, 5) is 11.6. The predicted octanol–water partition coefficient (Wildman–Crippen LogP) is 2.91. The minimum atomic E-state index is 0.0203. The first-order valence-electron chi connectivity index (χ1n) is 4.62. The third kappa shape index (κ3) is 3.65. The second-order valence-corrected chi connectivity index (χ2v) is 3.56. The summed E-state index contributed by atoms with van der Waals surface area (Å²) < 4.78 is 0. The molecule has 2 nitrogen and oxygen atoms in total. The van der Waals surface area contributed by atoms with Crippen LogP contribution >= 0.6 is 11.6 Å². The van der Waals surface area contributed by atoms with Crippen molar-refractivity contribution in [2.24, 2.45) is 0 Å². The van der Waals surface area contributed by atoms with Crippen LogP contribution in [0, 0.1) is 11.8 Å². The normalized spacial score (nSPS) is 9.20. The molecule has 0 saturated heterocycles. The largest absolute Gasteiger partial charge is 0.399 e. The topological polar surface area (TPSA) is 43.1 Å². The van der Waals surface area contributed by atoms with Gasteiger partial charge in [0.1, 0.15) is 0 Å². The maximum absolute atomic E-state index is 11.6. The molecule has 0 bridgehead atoms. The van der Waals surface area contributed by atoms with Crippen LogP contribution in [-0.2, 0) is 0 Å². The highest BCUT2D eigenvalue weighted by Gasteiger charge is 2.06. The fraction of sp³-hybridized carbons (Fsp3) is 0.250. The Bertz CT molecular complexity index is 409. The van der Waals surface area contributed by atoms with Gasteiger partial charge in [-0.1, -0.05) is 11.6 Å². The Morgan fingerprint density at radius 1 is 1.47 bits per heavy atom. The highest BCUT2D eigenvalue weighted by Crippen LogP contribution is 2.18. The first kappa shape index (κ1) is 11.6. The maximum Gasteiger partial charge on any atom is 0.163 e. The highest BCUT2D eigenvalue weighted by molar-refractivity contribution is 6.31. The van der Waals surface area contributed by atoms with Crippen LogP contribution < -0.4 is 5.73 Å². The van der Waals surface area contributed by atoms with Crippen molar-refractivity contribution in [2.45, 2.75) is 19.8 Å². The molecule has 0 unspecified atom stereocenters. The monoisotopic (exact) mass is 221 g/mol. The van der Waals surface area contributed by atoms with E-state index in [1.54, 1.807) is 25.1 Å². The zero-order valence-corrected chi connectivity index (χ0v) is 9.27. The molecular weight excluding hydrogens is 210 g/mol. The lowest BCUT2D eigenvalue weighted by Gasteiger charge is -2.01. The van der Waals surface area contributed by atoms with Gasteiger partial charge in [0, 0.05) is 29.1 Å². The van der Waals surface area contributed by atoms with Crippen molar-refractivity contribution in [1.29, 1.82) is 0 Å². The molecule has 0 saturated carbocycles. The molecule has 2 N–H and O–H groups in total. The van der Waals surface area contributed by atoms with E-state index in [9.17, 15) is 4.79 Å². The van der Waals surface area contributed by atoms with Crippen LogP contribution in [0.25, 0.3) is 0 Å². The van der Waals surface area contributed by atoms with Crippen molar-refractivity contribution in [2.75, 3.05) is 5.73 Å². The molecule has 0 heterocycles. The van der Waals surface area contributed by atoms with E-state index in [4.69, 9.17) is 17.3 Å². The molecule has 15 heavy (non-hydrogen) atoms. The molecule has 3 heteroatoms. The standard InChI is InChI=1S/C12H12ClNO/c1-2-3-4-5-12(15)9-6-10(13)8-11(14)7-9/h6-8H,4-5,14H2,1H3. The van der Waals surface area contributed by atoms with Crippen molar-refractivity contribution in [1.82, 2.24) is 0 Å². The Balaban J connectivity index is 2.76. The second-order valence-electron chi connectivity index (χ2n) is 3.12. The Kier molecular flexibility index (Phi) is 4.20. The Hall–Kier alpha value is -1.46. The lowest BCUT2D eigenvalue weighted by atomic mass is 10.1. The molecule has 0 amide bonds. The van der Waals surface area contributed by atoms with Crippen LogP contribution in [0.4, 0.5) is 5.69 Å². The minimum Gasteiger partial charge on any atom is -0.399 e. The molecule has 0 fully saturated rings. The zero-order valence-electron chi connectivity index (χ0n) is 8.51. The van der Waals surface area contributed by atoms with Crippen molar-refractivity contribution in [3.63, 3.8) is 0 Å². The number of hydrogen-bond donors (Lipinski definition) is 1. The van der Waals surface area contributed by atoms with Crippen molar-refractivity contribution in [3.05, 3.63) is 28.8 Å². The van der Waals surface area contributed by atoms with Crippen LogP contribution in [0.5, 0.6) is 0 Å². The quantitative estimate of drug-likeness (QED) is 0.485. The summed E-state index contributed by atoms with van der Waals surface area (Å²) in [7, 11) is 0. The lowest BCUT2D eigenvalue weighted by Crippen LogP contribution is -1.99. The molecule has 0 atom stereocenters. The van der Waals surface area contributed by atoms with Gasteiger partial charge < -0.3 is 5.73 Å². The number of carbonyl (C=O) groups is 1. The van der Waals surface area contributed by atoms with E-state index in [0.29, 0.717) is 29.1 Å². The van der Waals surface area contributed by atoms with Gasteiger partial charge in [0.25, 0.3) is 0 Å². The summed E-state index contributed by atoms with van der Waals surface area (Å²) in [5.74, 6) is 5.61. The molecule has 0 aliphatic heterocycles. The van der Waals surface area contributed by atoms with Crippen LogP contribution in [0.1, 0.15) is 30.1 Å². The molecular formula is C12H12ClNO. The molecule has 0 spiro atoms. The Morgan fingerprint density at radius 3 is 2.80 bits per heavy atom. The number of nitrogens with two attached hydrogens (primary N) is 1. The average Bonchev–Trinajstić information content (AvgIpc) is 2.16. The summed E-state index contributed by atoms with van der Waals surface area (Å²) in [6.07, 6.45) is 0.975. The van der Waals surface area contributed by atoms with Crippen LogP contribution in [0.15, 0.2) is 18.2 Å². The van der Waals surface area contributed by atoms with Crippen molar-refractivity contribution in [3.8, 4) is 11.8 Å². The van der Waals surface area contributed by atoms with Crippen LogP contribution in [-0.4, -0.2) is 5.78 Å². The number of hydrogen-bond acceptors (Lipinski definition) is 2. The van der Waals surface area contributed by atoms with E-state index in [2.05, 4.69) is 11.8 Å². The molecule has 78 valence electrons. The fourth-order valence-corrected chi connectivity index (χ4v) is 1.46. The van der Waals surface area contributed by atoms with Gasteiger partial charge in [-0.3, -0.25) is 4.79 Å².